The lowest BCUT2D eigenvalue weighted by atomic mass is 10.3. The Morgan fingerprint density at radius 1 is 1.33 bits per heavy atom. The van der Waals surface area contributed by atoms with E-state index in [0.29, 0.717) is 6.42 Å². The van der Waals surface area contributed by atoms with Crippen molar-refractivity contribution in [2.75, 3.05) is 18.1 Å². The van der Waals surface area contributed by atoms with Crippen molar-refractivity contribution in [1.29, 1.82) is 0 Å². The molecule has 1 aliphatic heterocycles. The van der Waals surface area contributed by atoms with E-state index in [1.807, 2.05) is 0 Å². The number of nitrogens with zero attached hydrogens (tertiary/aromatic N) is 1. The summed E-state index contributed by atoms with van der Waals surface area (Å²) in [4.78, 5) is -0.0946. The van der Waals surface area contributed by atoms with Gasteiger partial charge < -0.3 is 0 Å². The normalized spacial score (nSPS) is 21.8. The van der Waals surface area contributed by atoms with Crippen molar-refractivity contribution in [2.45, 2.75) is 24.3 Å². The van der Waals surface area contributed by atoms with Gasteiger partial charge in [0.25, 0.3) is 0 Å². The third-order valence-electron chi connectivity index (χ3n) is 3.41. The van der Waals surface area contributed by atoms with Crippen LogP contribution in [0.1, 0.15) is 13.3 Å². The lowest BCUT2D eigenvalue weighted by Crippen LogP contribution is -2.41. The molecule has 0 amide bonds. The zero-order valence-electron chi connectivity index (χ0n) is 11.3. The molecule has 1 heterocycles. The highest BCUT2D eigenvalue weighted by Gasteiger charge is 2.38. The van der Waals surface area contributed by atoms with Gasteiger partial charge in [0.2, 0.25) is 10.0 Å². The quantitative estimate of drug-likeness (QED) is 0.812. The summed E-state index contributed by atoms with van der Waals surface area (Å²) in [6.45, 7) is 1.84. The number of rotatable bonds is 4. The first-order chi connectivity index (χ1) is 9.67. The fourth-order valence-corrected chi connectivity index (χ4v) is 6.66. The topological polar surface area (TPSA) is 71.5 Å². The maximum absolute atomic E-state index is 12.7. The van der Waals surface area contributed by atoms with Crippen molar-refractivity contribution in [2.24, 2.45) is 0 Å². The lowest BCUT2D eigenvalue weighted by molar-refractivity contribution is 0.354. The molecular formula is C12H15Cl2NO4S2. The van der Waals surface area contributed by atoms with Crippen LogP contribution in [-0.2, 0) is 19.9 Å². The third kappa shape index (κ3) is 3.53. The molecule has 0 aromatic heterocycles. The molecule has 0 unspecified atom stereocenters. The molecule has 1 aliphatic rings. The van der Waals surface area contributed by atoms with Gasteiger partial charge in [-0.1, -0.05) is 30.1 Å². The standard InChI is InChI=1S/C12H15Cl2NO4S2/c1-2-15(10-5-6-20(16,17)8-10)21(18,19)12-7-9(13)3-4-11(12)14/h3-4,7,10H,2,5-6,8H2,1H3/t10-/m1/s1. The molecule has 1 aromatic carbocycles. The van der Waals surface area contributed by atoms with Gasteiger partial charge in [-0.2, -0.15) is 4.31 Å². The van der Waals surface area contributed by atoms with Crippen molar-refractivity contribution in [3.05, 3.63) is 28.2 Å². The minimum absolute atomic E-state index is 0.00691. The van der Waals surface area contributed by atoms with E-state index in [1.54, 1.807) is 6.92 Å². The molecule has 1 fully saturated rings. The molecule has 0 saturated carbocycles. The van der Waals surface area contributed by atoms with Gasteiger partial charge in [0.15, 0.2) is 9.84 Å². The van der Waals surface area contributed by atoms with E-state index >= 15 is 0 Å². The Morgan fingerprint density at radius 2 is 2.00 bits per heavy atom. The van der Waals surface area contributed by atoms with Crippen molar-refractivity contribution >= 4 is 43.1 Å². The second-order valence-electron chi connectivity index (χ2n) is 4.84. The fraction of sp³-hybridized carbons (Fsp3) is 0.500. The van der Waals surface area contributed by atoms with Crippen LogP contribution in [0.25, 0.3) is 0 Å². The molecule has 0 N–H and O–H groups in total. The van der Waals surface area contributed by atoms with E-state index in [4.69, 9.17) is 23.2 Å². The van der Waals surface area contributed by atoms with Gasteiger partial charge in [0, 0.05) is 17.6 Å². The zero-order chi connectivity index (χ0) is 15.8. The van der Waals surface area contributed by atoms with Gasteiger partial charge in [-0.05, 0) is 24.6 Å². The molecular weight excluding hydrogens is 357 g/mol. The monoisotopic (exact) mass is 371 g/mol. The predicted molar refractivity (Wildman–Crippen MR) is 83.1 cm³/mol. The van der Waals surface area contributed by atoms with Crippen molar-refractivity contribution in [3.63, 3.8) is 0 Å². The second-order valence-corrected chi connectivity index (χ2v) is 9.77. The molecule has 118 valence electrons. The number of benzene rings is 1. The van der Waals surface area contributed by atoms with Gasteiger partial charge in [-0.3, -0.25) is 0 Å². The number of sulfone groups is 1. The van der Waals surface area contributed by atoms with E-state index in [9.17, 15) is 16.8 Å². The number of hydrogen-bond donors (Lipinski definition) is 0. The summed E-state index contributed by atoms with van der Waals surface area (Å²) < 4.78 is 49.8. The van der Waals surface area contributed by atoms with Crippen LogP contribution in [0.15, 0.2) is 23.1 Å². The smallest absolute Gasteiger partial charge is 0.229 e. The lowest BCUT2D eigenvalue weighted by Gasteiger charge is -2.26. The zero-order valence-corrected chi connectivity index (χ0v) is 14.4. The first kappa shape index (κ1) is 17.0. The van der Waals surface area contributed by atoms with Crippen LogP contribution in [0.3, 0.4) is 0 Å². The van der Waals surface area contributed by atoms with E-state index < -0.39 is 25.9 Å². The molecule has 1 atom stereocenters. The molecule has 0 spiro atoms. The Kier molecular flexibility index (Phi) is 4.90. The molecule has 0 aliphatic carbocycles. The summed E-state index contributed by atoms with van der Waals surface area (Å²) >= 11 is 11.8. The highest BCUT2D eigenvalue weighted by molar-refractivity contribution is 7.92. The van der Waals surface area contributed by atoms with E-state index in [0.717, 1.165) is 0 Å². The van der Waals surface area contributed by atoms with Gasteiger partial charge in [0.1, 0.15) is 4.90 Å². The van der Waals surface area contributed by atoms with E-state index in [2.05, 4.69) is 0 Å². The predicted octanol–water partition coefficient (Wildman–Crippen LogP) is 2.19. The Balaban J connectivity index is 2.43. The van der Waals surface area contributed by atoms with Crippen molar-refractivity contribution in [3.8, 4) is 0 Å². The van der Waals surface area contributed by atoms with Crippen LogP contribution in [-0.4, -0.2) is 45.2 Å². The number of sulfonamides is 1. The van der Waals surface area contributed by atoms with Crippen LogP contribution in [0, 0.1) is 0 Å². The summed E-state index contributed by atoms with van der Waals surface area (Å²) in [6, 6.07) is 3.64. The molecule has 1 saturated heterocycles. The Bertz CT molecular complexity index is 747. The van der Waals surface area contributed by atoms with Gasteiger partial charge in [0.05, 0.1) is 16.5 Å². The molecule has 0 radical (unpaired) electrons. The fourth-order valence-electron chi connectivity index (χ4n) is 2.43. The summed E-state index contributed by atoms with van der Waals surface area (Å²) in [5.41, 5.74) is 0. The van der Waals surface area contributed by atoms with Crippen LogP contribution >= 0.6 is 23.2 Å². The molecule has 2 rings (SSSR count). The van der Waals surface area contributed by atoms with Crippen molar-refractivity contribution in [1.82, 2.24) is 4.31 Å². The summed E-state index contributed by atoms with van der Waals surface area (Å²) in [7, 11) is -7.06. The average Bonchev–Trinajstić information content (AvgIpc) is 2.73. The van der Waals surface area contributed by atoms with Crippen LogP contribution in [0.4, 0.5) is 0 Å². The summed E-state index contributed by atoms with van der Waals surface area (Å²) in [5.74, 6) is -0.148. The molecule has 9 heteroatoms. The Labute approximate surface area is 134 Å². The minimum Gasteiger partial charge on any atom is -0.229 e. The molecule has 0 bridgehead atoms. The van der Waals surface area contributed by atoms with Crippen LogP contribution < -0.4 is 0 Å². The maximum atomic E-state index is 12.7. The highest BCUT2D eigenvalue weighted by atomic mass is 35.5. The average molecular weight is 372 g/mol. The SMILES string of the molecule is CCN([C@@H]1CCS(=O)(=O)C1)S(=O)(=O)c1cc(Cl)ccc1Cl. The highest BCUT2D eigenvalue weighted by Crippen LogP contribution is 2.30. The van der Waals surface area contributed by atoms with Gasteiger partial charge in [-0.15, -0.1) is 0 Å². The largest absolute Gasteiger partial charge is 0.244 e. The second kappa shape index (κ2) is 6.04. The first-order valence-electron chi connectivity index (χ1n) is 6.34. The maximum Gasteiger partial charge on any atom is 0.244 e. The van der Waals surface area contributed by atoms with Gasteiger partial charge >= 0.3 is 0 Å². The molecule has 1 aromatic rings. The molecule has 21 heavy (non-hydrogen) atoms. The van der Waals surface area contributed by atoms with E-state index in [-0.39, 0.29) is 33.0 Å². The minimum atomic E-state index is -3.89. The number of hydrogen-bond acceptors (Lipinski definition) is 4. The summed E-state index contributed by atoms with van der Waals surface area (Å²) in [6.07, 6.45) is 0.299. The van der Waals surface area contributed by atoms with Crippen LogP contribution in [0.5, 0.6) is 0 Å². The number of halogens is 2. The molecule has 5 nitrogen and oxygen atoms in total. The Hall–Kier alpha value is -0.340. The van der Waals surface area contributed by atoms with Crippen molar-refractivity contribution < 1.29 is 16.8 Å². The van der Waals surface area contributed by atoms with Gasteiger partial charge in [-0.25, -0.2) is 16.8 Å². The van der Waals surface area contributed by atoms with Crippen LogP contribution in [0.2, 0.25) is 10.0 Å². The summed E-state index contributed by atoms with van der Waals surface area (Å²) in [5, 5.41) is 0.326. The first-order valence-corrected chi connectivity index (χ1v) is 10.4. The third-order valence-corrected chi connectivity index (χ3v) is 7.90. The Morgan fingerprint density at radius 3 is 2.52 bits per heavy atom. The van der Waals surface area contributed by atoms with E-state index in [1.165, 1.54) is 22.5 Å².